The number of nitrogens with zero attached hydrogens (tertiary/aromatic N) is 2. The van der Waals surface area contributed by atoms with Gasteiger partial charge in [0.05, 0.1) is 11.9 Å². The van der Waals surface area contributed by atoms with Crippen molar-refractivity contribution in [3.63, 3.8) is 0 Å². The first kappa shape index (κ1) is 12.3. The number of rotatable bonds is 4. The van der Waals surface area contributed by atoms with E-state index in [4.69, 9.17) is 17.0 Å². The number of hydrogen-bond donors (Lipinski definition) is 4. The van der Waals surface area contributed by atoms with Crippen LogP contribution in [0.4, 0.5) is 5.95 Å². The Bertz CT molecular complexity index is 432. The highest BCUT2D eigenvalue weighted by Gasteiger charge is 2.05. The lowest BCUT2D eigenvalue weighted by Gasteiger charge is -2.09. The lowest BCUT2D eigenvalue weighted by atomic mass is 10.3. The first-order chi connectivity index (χ1) is 7.58. The standard InChI is InChI=1S/C9H12ClN5O/c1-5(12-2)7(3-11)14-9-13-4-6(10)8(16)15-9/h3-4,11-12H,1-2H3,(H2,13,14,15,16)/b7-5+,11-3?. The van der Waals surface area contributed by atoms with Crippen LogP contribution in [-0.4, -0.2) is 28.3 Å². The Hall–Kier alpha value is -1.82. The van der Waals surface area contributed by atoms with Gasteiger partial charge in [0.2, 0.25) is 11.8 Å². The summed E-state index contributed by atoms with van der Waals surface area (Å²) in [6.45, 7) is 1.79. The fourth-order valence-electron chi connectivity index (χ4n) is 0.912. The number of hydrogen-bond acceptors (Lipinski definition) is 6. The van der Waals surface area contributed by atoms with E-state index in [1.165, 1.54) is 6.20 Å². The van der Waals surface area contributed by atoms with E-state index in [0.29, 0.717) is 5.70 Å². The van der Waals surface area contributed by atoms with Crippen LogP contribution in [0.1, 0.15) is 6.92 Å². The molecule has 0 saturated heterocycles. The van der Waals surface area contributed by atoms with E-state index in [9.17, 15) is 5.11 Å². The summed E-state index contributed by atoms with van der Waals surface area (Å²) < 4.78 is 0. The summed E-state index contributed by atoms with van der Waals surface area (Å²) in [6.07, 6.45) is 2.41. The van der Waals surface area contributed by atoms with Gasteiger partial charge in [0.1, 0.15) is 5.02 Å². The Morgan fingerprint density at radius 2 is 2.31 bits per heavy atom. The molecule has 1 heterocycles. The summed E-state index contributed by atoms with van der Waals surface area (Å²) in [7, 11) is 1.74. The van der Waals surface area contributed by atoms with E-state index < -0.39 is 0 Å². The molecule has 0 aliphatic rings. The second kappa shape index (κ2) is 5.32. The zero-order chi connectivity index (χ0) is 12.1. The van der Waals surface area contributed by atoms with E-state index in [1.54, 1.807) is 14.0 Å². The molecule has 0 aromatic carbocycles. The molecule has 0 radical (unpaired) electrons. The fourth-order valence-corrected chi connectivity index (χ4v) is 1.00. The molecular weight excluding hydrogens is 230 g/mol. The van der Waals surface area contributed by atoms with Gasteiger partial charge >= 0.3 is 0 Å². The minimum atomic E-state index is -0.300. The SMILES string of the molecule is CN/C(C)=C(\C=N)Nc1ncc(Cl)c(O)n1. The maximum Gasteiger partial charge on any atom is 0.235 e. The van der Waals surface area contributed by atoms with Gasteiger partial charge in [-0.3, -0.25) is 0 Å². The molecule has 0 aliphatic carbocycles. The first-order valence-corrected chi connectivity index (χ1v) is 4.84. The first-order valence-electron chi connectivity index (χ1n) is 4.46. The summed E-state index contributed by atoms with van der Waals surface area (Å²) >= 11 is 5.57. The molecule has 0 saturated carbocycles. The van der Waals surface area contributed by atoms with Gasteiger partial charge in [-0.25, -0.2) is 4.98 Å². The van der Waals surface area contributed by atoms with E-state index in [-0.39, 0.29) is 16.9 Å². The van der Waals surface area contributed by atoms with E-state index in [1.807, 2.05) is 0 Å². The highest BCUT2D eigenvalue weighted by atomic mass is 35.5. The quantitative estimate of drug-likeness (QED) is 0.597. The van der Waals surface area contributed by atoms with Gasteiger partial charge < -0.3 is 21.1 Å². The monoisotopic (exact) mass is 241 g/mol. The predicted molar refractivity (Wildman–Crippen MR) is 62.9 cm³/mol. The Labute approximate surface area is 97.9 Å². The molecule has 16 heavy (non-hydrogen) atoms. The van der Waals surface area contributed by atoms with Crippen LogP contribution in [0.5, 0.6) is 5.88 Å². The molecule has 0 atom stereocenters. The van der Waals surface area contributed by atoms with Gasteiger partial charge in [-0.1, -0.05) is 11.6 Å². The molecule has 0 fully saturated rings. The summed E-state index contributed by atoms with van der Waals surface area (Å²) in [5.41, 5.74) is 1.26. The van der Waals surface area contributed by atoms with Crippen LogP contribution in [0.2, 0.25) is 5.02 Å². The number of anilines is 1. The zero-order valence-electron chi connectivity index (χ0n) is 8.87. The van der Waals surface area contributed by atoms with Crippen molar-refractivity contribution in [1.82, 2.24) is 15.3 Å². The van der Waals surface area contributed by atoms with E-state index in [2.05, 4.69) is 20.6 Å². The van der Waals surface area contributed by atoms with Crippen LogP contribution in [0.3, 0.4) is 0 Å². The van der Waals surface area contributed by atoms with Crippen molar-refractivity contribution in [3.05, 3.63) is 22.6 Å². The van der Waals surface area contributed by atoms with Crippen molar-refractivity contribution in [2.24, 2.45) is 0 Å². The van der Waals surface area contributed by atoms with Gasteiger partial charge in [0, 0.05) is 19.0 Å². The van der Waals surface area contributed by atoms with Crippen molar-refractivity contribution in [2.75, 3.05) is 12.4 Å². The van der Waals surface area contributed by atoms with Gasteiger partial charge in [-0.2, -0.15) is 4.98 Å². The highest BCUT2D eigenvalue weighted by Crippen LogP contribution is 2.20. The molecule has 6 nitrogen and oxygen atoms in total. The van der Waals surface area contributed by atoms with Gasteiger partial charge in [0.15, 0.2) is 0 Å². The van der Waals surface area contributed by atoms with Crippen molar-refractivity contribution >= 4 is 23.8 Å². The third-order valence-electron chi connectivity index (χ3n) is 1.90. The van der Waals surface area contributed by atoms with Crippen LogP contribution in [-0.2, 0) is 0 Å². The molecule has 1 aromatic heterocycles. The zero-order valence-corrected chi connectivity index (χ0v) is 9.63. The van der Waals surface area contributed by atoms with Crippen LogP contribution in [0, 0.1) is 5.41 Å². The predicted octanol–water partition coefficient (Wildman–Crippen LogP) is 1.35. The van der Waals surface area contributed by atoms with Gasteiger partial charge in [-0.15, -0.1) is 0 Å². The van der Waals surface area contributed by atoms with Gasteiger partial charge in [-0.05, 0) is 6.92 Å². The smallest absolute Gasteiger partial charge is 0.235 e. The molecule has 0 bridgehead atoms. The summed E-state index contributed by atoms with van der Waals surface area (Å²) in [4.78, 5) is 7.58. The number of nitrogens with one attached hydrogen (secondary N) is 3. The minimum absolute atomic E-state index is 0.0799. The van der Waals surface area contributed by atoms with Crippen molar-refractivity contribution in [1.29, 1.82) is 5.41 Å². The van der Waals surface area contributed by atoms with Crippen LogP contribution in [0.15, 0.2) is 17.6 Å². The molecule has 1 aromatic rings. The Balaban J connectivity index is 2.95. The topological polar surface area (TPSA) is 93.9 Å². The van der Waals surface area contributed by atoms with E-state index in [0.717, 1.165) is 11.9 Å². The third kappa shape index (κ3) is 2.83. The molecule has 0 spiro atoms. The van der Waals surface area contributed by atoms with Crippen LogP contribution >= 0.6 is 11.6 Å². The molecule has 86 valence electrons. The molecule has 7 heteroatoms. The number of halogens is 1. The van der Waals surface area contributed by atoms with Crippen LogP contribution < -0.4 is 10.6 Å². The second-order valence-electron chi connectivity index (χ2n) is 2.92. The maximum absolute atomic E-state index is 9.27. The van der Waals surface area contributed by atoms with Crippen molar-refractivity contribution < 1.29 is 5.11 Å². The lowest BCUT2D eigenvalue weighted by Crippen LogP contribution is -2.13. The van der Waals surface area contributed by atoms with Crippen molar-refractivity contribution in [3.8, 4) is 5.88 Å². The Kier molecular flexibility index (Phi) is 4.07. The number of aromatic hydroxyl groups is 1. The number of aromatic nitrogens is 2. The largest absolute Gasteiger partial charge is 0.492 e. The summed E-state index contributed by atoms with van der Waals surface area (Å²) in [5.74, 6) is -0.124. The fraction of sp³-hybridized carbons (Fsp3) is 0.222. The molecule has 1 rings (SSSR count). The Morgan fingerprint density at radius 3 is 2.81 bits per heavy atom. The van der Waals surface area contributed by atoms with Crippen molar-refractivity contribution in [2.45, 2.75) is 6.92 Å². The van der Waals surface area contributed by atoms with E-state index >= 15 is 0 Å². The lowest BCUT2D eigenvalue weighted by molar-refractivity contribution is 0.453. The maximum atomic E-state index is 9.27. The Morgan fingerprint density at radius 1 is 1.62 bits per heavy atom. The third-order valence-corrected chi connectivity index (χ3v) is 2.16. The normalized spacial score (nSPS) is 11.7. The van der Waals surface area contributed by atoms with Gasteiger partial charge in [0.25, 0.3) is 0 Å². The second-order valence-corrected chi connectivity index (χ2v) is 3.33. The minimum Gasteiger partial charge on any atom is -0.492 e. The molecule has 0 amide bonds. The summed E-state index contributed by atoms with van der Waals surface area (Å²) in [5, 5.41) is 22.2. The summed E-state index contributed by atoms with van der Waals surface area (Å²) in [6, 6.07) is 0. The molecule has 0 unspecified atom stereocenters. The molecule has 0 aliphatic heterocycles. The average molecular weight is 242 g/mol. The highest BCUT2D eigenvalue weighted by molar-refractivity contribution is 6.31. The molecular formula is C9H12ClN5O. The average Bonchev–Trinajstić information content (AvgIpc) is 2.29. The molecule has 4 N–H and O–H groups in total. The number of allylic oxidation sites excluding steroid dienone is 2. The van der Waals surface area contributed by atoms with Crippen LogP contribution in [0.25, 0.3) is 0 Å².